The molecule has 0 aromatic heterocycles. The average molecular weight is 535 g/mol. The molecule has 0 amide bonds. The zero-order chi connectivity index (χ0) is 27.4. The second-order valence-electron chi connectivity index (χ2n) is 12.7. The monoisotopic (exact) mass is 534 g/mol. The van der Waals surface area contributed by atoms with E-state index < -0.39 is 0 Å². The molecule has 2 aliphatic rings. The minimum absolute atomic E-state index is 0.00840. The van der Waals surface area contributed by atoms with Crippen molar-refractivity contribution in [2.75, 3.05) is 9.80 Å². The molecule has 3 heteroatoms. The van der Waals surface area contributed by atoms with E-state index >= 15 is 0 Å². The fourth-order valence-corrected chi connectivity index (χ4v) is 7.54. The van der Waals surface area contributed by atoms with Gasteiger partial charge < -0.3 is 9.80 Å². The largest absolute Gasteiger partial charge is 0.333 e. The molecular weight excluding hydrogens is 496 g/mol. The van der Waals surface area contributed by atoms with Gasteiger partial charge in [0, 0.05) is 22.5 Å². The Morgan fingerprint density at radius 1 is 0.744 bits per heavy atom. The summed E-state index contributed by atoms with van der Waals surface area (Å²) in [7, 11) is 0. The second-order valence-corrected chi connectivity index (χ2v) is 13.1. The van der Waals surface area contributed by atoms with Crippen LogP contribution in [0.25, 0.3) is 0 Å². The van der Waals surface area contributed by atoms with Crippen LogP contribution in [-0.2, 0) is 10.8 Å². The molecule has 1 fully saturated rings. The summed E-state index contributed by atoms with van der Waals surface area (Å²) < 4.78 is 0. The highest BCUT2D eigenvalue weighted by atomic mass is 35.5. The van der Waals surface area contributed by atoms with Crippen molar-refractivity contribution in [3.8, 4) is 0 Å². The summed E-state index contributed by atoms with van der Waals surface area (Å²) in [5.74, 6) is 0. The van der Waals surface area contributed by atoms with E-state index in [1.807, 2.05) is 0 Å². The molecule has 4 aromatic carbocycles. The number of hydrogen-bond acceptors (Lipinski definition) is 2. The highest BCUT2D eigenvalue weighted by Gasteiger charge is 2.60. The molecule has 1 heterocycles. The number of para-hydroxylation sites is 3. The van der Waals surface area contributed by atoms with Crippen LogP contribution in [0.2, 0.25) is 5.02 Å². The van der Waals surface area contributed by atoms with Gasteiger partial charge in [0.15, 0.2) is 0 Å². The first-order valence-corrected chi connectivity index (χ1v) is 14.7. The Morgan fingerprint density at radius 2 is 1.26 bits per heavy atom. The molecule has 1 aliphatic carbocycles. The summed E-state index contributed by atoms with van der Waals surface area (Å²) in [5.41, 5.74) is 8.34. The summed E-state index contributed by atoms with van der Waals surface area (Å²) in [4.78, 5) is 4.93. The maximum atomic E-state index is 7.72. The molecular formula is C36H39ClN2. The lowest BCUT2D eigenvalue weighted by Crippen LogP contribution is -2.55. The second kappa shape index (κ2) is 9.45. The van der Waals surface area contributed by atoms with E-state index in [2.05, 4.69) is 141 Å². The van der Waals surface area contributed by atoms with Crippen LogP contribution < -0.4 is 9.80 Å². The van der Waals surface area contributed by atoms with Gasteiger partial charge in [-0.25, -0.2) is 0 Å². The highest BCUT2D eigenvalue weighted by molar-refractivity contribution is 6.37. The molecule has 1 aliphatic heterocycles. The number of benzene rings is 4. The van der Waals surface area contributed by atoms with Gasteiger partial charge in [0.1, 0.15) is 0 Å². The van der Waals surface area contributed by atoms with Gasteiger partial charge in [0.05, 0.1) is 21.9 Å². The topological polar surface area (TPSA) is 6.48 Å². The maximum Gasteiger partial charge on any atom is 0.0886 e. The van der Waals surface area contributed by atoms with Crippen molar-refractivity contribution in [2.24, 2.45) is 0 Å². The smallest absolute Gasteiger partial charge is 0.0886 e. The van der Waals surface area contributed by atoms with Gasteiger partial charge in [0.2, 0.25) is 0 Å². The number of hydrogen-bond donors (Lipinski definition) is 0. The fourth-order valence-electron chi connectivity index (χ4n) is 7.22. The van der Waals surface area contributed by atoms with Gasteiger partial charge >= 0.3 is 0 Å². The summed E-state index contributed by atoms with van der Waals surface area (Å²) >= 11 is 7.72. The van der Waals surface area contributed by atoms with E-state index in [4.69, 9.17) is 11.6 Å². The number of fused-ring (bicyclic) bond motifs is 3. The first-order valence-electron chi connectivity index (χ1n) is 14.3. The minimum atomic E-state index is -0.0679. The molecule has 2 atom stereocenters. The quantitative estimate of drug-likeness (QED) is 0.257. The van der Waals surface area contributed by atoms with Crippen molar-refractivity contribution in [1.82, 2.24) is 0 Å². The van der Waals surface area contributed by atoms with Crippen LogP contribution in [0, 0.1) is 0 Å². The summed E-state index contributed by atoms with van der Waals surface area (Å²) in [5, 5.41) is 0.825. The molecule has 4 aromatic rings. The zero-order valence-corrected chi connectivity index (χ0v) is 24.6. The summed E-state index contributed by atoms with van der Waals surface area (Å²) in [6.07, 6.45) is 4.79. The van der Waals surface area contributed by atoms with E-state index in [9.17, 15) is 0 Å². The lowest BCUT2D eigenvalue weighted by atomic mass is 9.59. The van der Waals surface area contributed by atoms with E-state index in [-0.39, 0.29) is 16.4 Å². The van der Waals surface area contributed by atoms with Crippen LogP contribution >= 0.6 is 11.6 Å². The molecule has 0 radical (unpaired) electrons. The van der Waals surface area contributed by atoms with Crippen LogP contribution in [0.1, 0.15) is 71.4 Å². The molecule has 6 rings (SSSR count). The number of anilines is 5. The predicted molar refractivity (Wildman–Crippen MR) is 168 cm³/mol. The van der Waals surface area contributed by atoms with Crippen molar-refractivity contribution >= 4 is 40.0 Å². The number of halogens is 1. The molecule has 0 bridgehead atoms. The van der Waals surface area contributed by atoms with E-state index in [0.29, 0.717) is 0 Å². The van der Waals surface area contributed by atoms with Gasteiger partial charge in [-0.05, 0) is 78.8 Å². The maximum absolute atomic E-state index is 7.72. The molecule has 1 saturated carbocycles. The summed E-state index contributed by atoms with van der Waals surface area (Å²) in [6, 6.07) is 34.5. The number of nitrogens with zero attached hydrogens (tertiary/aromatic N) is 2. The van der Waals surface area contributed by atoms with Crippen LogP contribution in [0.3, 0.4) is 0 Å². The lowest BCUT2D eigenvalue weighted by molar-refractivity contribution is 0.193. The Bertz CT molecular complexity index is 1440. The lowest BCUT2D eigenvalue weighted by Gasteiger charge is -2.50. The molecule has 39 heavy (non-hydrogen) atoms. The van der Waals surface area contributed by atoms with Gasteiger partial charge in [-0.2, -0.15) is 0 Å². The Morgan fingerprint density at radius 3 is 1.79 bits per heavy atom. The Balaban J connectivity index is 1.73. The first-order chi connectivity index (χ1) is 18.7. The van der Waals surface area contributed by atoms with Crippen LogP contribution in [0.15, 0.2) is 97.1 Å². The third kappa shape index (κ3) is 3.99. The van der Waals surface area contributed by atoms with Gasteiger partial charge in [0.25, 0.3) is 0 Å². The van der Waals surface area contributed by atoms with Gasteiger partial charge in [-0.3, -0.25) is 0 Å². The van der Waals surface area contributed by atoms with E-state index in [1.54, 1.807) is 0 Å². The Labute approximate surface area is 239 Å². The normalized spacial score (nSPS) is 22.4. The van der Waals surface area contributed by atoms with Crippen molar-refractivity contribution < 1.29 is 0 Å². The molecule has 2 nitrogen and oxygen atoms in total. The van der Waals surface area contributed by atoms with Crippen molar-refractivity contribution in [3.63, 3.8) is 0 Å². The van der Waals surface area contributed by atoms with Crippen LogP contribution in [0.5, 0.6) is 0 Å². The number of rotatable bonds is 4. The zero-order valence-electron chi connectivity index (χ0n) is 23.8. The molecule has 200 valence electrons. The van der Waals surface area contributed by atoms with Crippen molar-refractivity contribution in [1.29, 1.82) is 0 Å². The highest BCUT2D eigenvalue weighted by Crippen LogP contribution is 2.65. The SMILES string of the molecule is CC(C)(C)c1cc(N(c2ccccc2)c2ccccc2)c(Cl)c2c1C1(C)CCCCC1(C)N2c1ccccc1. The van der Waals surface area contributed by atoms with E-state index in [1.165, 1.54) is 41.8 Å². The molecule has 0 saturated heterocycles. The molecule has 0 N–H and O–H groups in total. The predicted octanol–water partition coefficient (Wildman–Crippen LogP) is 10.8. The van der Waals surface area contributed by atoms with Crippen LogP contribution in [0.4, 0.5) is 28.4 Å². The minimum Gasteiger partial charge on any atom is -0.333 e. The third-order valence-corrected chi connectivity index (χ3v) is 9.73. The fraction of sp³-hybridized carbons (Fsp3) is 0.333. The van der Waals surface area contributed by atoms with Gasteiger partial charge in [-0.1, -0.05) is 107 Å². The summed E-state index contributed by atoms with van der Waals surface area (Å²) in [6.45, 7) is 12.0. The van der Waals surface area contributed by atoms with Crippen molar-refractivity contribution in [3.05, 3.63) is 113 Å². The Hall–Kier alpha value is -3.23. The molecule has 2 unspecified atom stereocenters. The van der Waals surface area contributed by atoms with E-state index in [0.717, 1.165) is 28.5 Å². The average Bonchev–Trinajstić information content (AvgIpc) is 3.15. The third-order valence-electron chi connectivity index (χ3n) is 9.36. The van der Waals surface area contributed by atoms with Gasteiger partial charge in [-0.15, -0.1) is 0 Å². The Kier molecular flexibility index (Phi) is 6.31. The first kappa shape index (κ1) is 26.0. The standard InChI is InChI=1S/C36H39ClN2/c1-34(2,3)29-25-30(38(26-17-9-6-10-18-26)27-19-11-7-12-20-27)32(37)33-31(29)35(4)23-15-16-24-36(35,5)39(33)28-21-13-8-14-22-28/h6-14,17-22,25H,15-16,23-24H2,1-5H3. The molecule has 0 spiro atoms. The van der Waals surface area contributed by atoms with Crippen LogP contribution in [-0.4, -0.2) is 5.54 Å². The van der Waals surface area contributed by atoms with Crippen molar-refractivity contribution in [2.45, 2.75) is 76.7 Å².